The van der Waals surface area contributed by atoms with Crippen LogP contribution in [0.15, 0.2) is 47.5 Å². The van der Waals surface area contributed by atoms with E-state index in [4.69, 9.17) is 5.11 Å². The van der Waals surface area contributed by atoms with Gasteiger partial charge in [-0.25, -0.2) is 0 Å². The van der Waals surface area contributed by atoms with Crippen LogP contribution in [0.3, 0.4) is 0 Å². The fourth-order valence-electron chi connectivity index (χ4n) is 1.99. The van der Waals surface area contributed by atoms with E-state index >= 15 is 0 Å². The molecule has 0 heterocycles. The maximum Gasteiger partial charge on any atom is 0.124 e. The van der Waals surface area contributed by atoms with Crippen LogP contribution in [0.5, 0.6) is 5.75 Å². The summed E-state index contributed by atoms with van der Waals surface area (Å²) in [7, 11) is 0. The highest BCUT2D eigenvalue weighted by molar-refractivity contribution is 5.85. The van der Waals surface area contributed by atoms with Crippen molar-refractivity contribution in [1.82, 2.24) is 0 Å². The molecule has 0 bridgehead atoms. The van der Waals surface area contributed by atoms with E-state index in [9.17, 15) is 5.11 Å². The SMILES string of the molecule is CC(C)(C)c1ccc(N=Cc2ccc(CO)cc2O)cc1. The minimum absolute atomic E-state index is 0.0841. The van der Waals surface area contributed by atoms with Crippen LogP contribution in [0, 0.1) is 0 Å². The Hall–Kier alpha value is -2.13. The molecule has 0 saturated heterocycles. The molecule has 0 unspecified atom stereocenters. The van der Waals surface area contributed by atoms with E-state index in [2.05, 4.69) is 37.9 Å². The molecular weight excluding hydrogens is 262 g/mol. The van der Waals surface area contributed by atoms with E-state index < -0.39 is 0 Å². The molecule has 0 spiro atoms. The first-order chi connectivity index (χ1) is 9.90. The van der Waals surface area contributed by atoms with E-state index in [-0.39, 0.29) is 17.8 Å². The van der Waals surface area contributed by atoms with Crippen LogP contribution in [0.4, 0.5) is 5.69 Å². The molecule has 2 rings (SSSR count). The minimum atomic E-state index is -0.0841. The van der Waals surface area contributed by atoms with Crippen LogP contribution in [-0.2, 0) is 12.0 Å². The van der Waals surface area contributed by atoms with Crippen LogP contribution in [0.1, 0.15) is 37.5 Å². The average Bonchev–Trinajstić information content (AvgIpc) is 2.45. The summed E-state index contributed by atoms with van der Waals surface area (Å²) < 4.78 is 0. The Morgan fingerprint density at radius 1 is 1.05 bits per heavy atom. The van der Waals surface area contributed by atoms with E-state index in [1.165, 1.54) is 5.56 Å². The standard InChI is InChI=1S/C18H21NO2/c1-18(2,3)15-6-8-16(9-7-15)19-11-14-5-4-13(12-20)10-17(14)21/h4-11,20-21H,12H2,1-3H3. The van der Waals surface area contributed by atoms with E-state index in [0.29, 0.717) is 11.1 Å². The van der Waals surface area contributed by atoms with Gasteiger partial charge in [0.05, 0.1) is 12.3 Å². The molecule has 3 heteroatoms. The highest BCUT2D eigenvalue weighted by atomic mass is 16.3. The molecule has 0 fully saturated rings. The first kappa shape index (κ1) is 15.3. The van der Waals surface area contributed by atoms with Crippen molar-refractivity contribution in [3.05, 3.63) is 59.2 Å². The lowest BCUT2D eigenvalue weighted by Crippen LogP contribution is -2.10. The van der Waals surface area contributed by atoms with Gasteiger partial charge in [0.25, 0.3) is 0 Å². The molecule has 0 amide bonds. The molecule has 110 valence electrons. The number of aliphatic hydroxyl groups is 1. The highest BCUT2D eigenvalue weighted by Crippen LogP contribution is 2.25. The molecule has 2 N–H and O–H groups in total. The minimum Gasteiger partial charge on any atom is -0.507 e. The summed E-state index contributed by atoms with van der Waals surface area (Å²) in [6.45, 7) is 6.43. The largest absolute Gasteiger partial charge is 0.507 e. The molecule has 21 heavy (non-hydrogen) atoms. The summed E-state index contributed by atoms with van der Waals surface area (Å²) in [6.07, 6.45) is 1.63. The van der Waals surface area contributed by atoms with E-state index in [1.54, 1.807) is 24.4 Å². The normalized spacial score (nSPS) is 12.0. The number of aromatic hydroxyl groups is 1. The van der Waals surface area contributed by atoms with Gasteiger partial charge in [-0.2, -0.15) is 0 Å². The van der Waals surface area contributed by atoms with Crippen molar-refractivity contribution in [3.8, 4) is 5.75 Å². The van der Waals surface area contributed by atoms with Crippen molar-refractivity contribution >= 4 is 11.9 Å². The third kappa shape index (κ3) is 3.92. The number of benzene rings is 2. The number of hydrogen-bond acceptors (Lipinski definition) is 3. The molecule has 0 aliphatic heterocycles. The summed E-state index contributed by atoms with van der Waals surface area (Å²) in [6, 6.07) is 13.1. The zero-order valence-electron chi connectivity index (χ0n) is 12.7. The van der Waals surface area contributed by atoms with Crippen molar-refractivity contribution in [2.75, 3.05) is 0 Å². The third-order valence-electron chi connectivity index (χ3n) is 3.36. The van der Waals surface area contributed by atoms with Crippen molar-refractivity contribution in [1.29, 1.82) is 0 Å². The van der Waals surface area contributed by atoms with E-state index in [0.717, 1.165) is 5.69 Å². The topological polar surface area (TPSA) is 52.8 Å². The van der Waals surface area contributed by atoms with Gasteiger partial charge in [-0.05, 0) is 40.8 Å². The number of aliphatic hydroxyl groups excluding tert-OH is 1. The van der Waals surface area contributed by atoms with E-state index in [1.807, 2.05) is 12.1 Å². The Bertz CT molecular complexity index is 637. The fourth-order valence-corrected chi connectivity index (χ4v) is 1.99. The molecule has 0 aromatic heterocycles. The molecular formula is C18H21NO2. The quantitative estimate of drug-likeness (QED) is 0.838. The lowest BCUT2D eigenvalue weighted by molar-refractivity contribution is 0.281. The average molecular weight is 283 g/mol. The molecule has 3 nitrogen and oxygen atoms in total. The monoisotopic (exact) mass is 283 g/mol. The molecule has 0 aliphatic carbocycles. The summed E-state index contributed by atoms with van der Waals surface area (Å²) in [5.41, 5.74) is 3.54. The molecule has 0 atom stereocenters. The van der Waals surface area contributed by atoms with Gasteiger partial charge in [-0.15, -0.1) is 0 Å². The van der Waals surface area contributed by atoms with Gasteiger partial charge in [0.2, 0.25) is 0 Å². The molecule has 2 aromatic rings. The molecule has 2 aromatic carbocycles. The van der Waals surface area contributed by atoms with Gasteiger partial charge in [-0.1, -0.05) is 39.0 Å². The highest BCUT2D eigenvalue weighted by Gasteiger charge is 2.12. The number of phenols is 1. The van der Waals surface area contributed by atoms with Crippen LogP contribution in [0.25, 0.3) is 0 Å². The van der Waals surface area contributed by atoms with Gasteiger partial charge in [0.15, 0.2) is 0 Å². The first-order valence-corrected chi connectivity index (χ1v) is 6.97. The zero-order valence-corrected chi connectivity index (χ0v) is 12.7. The van der Waals surface area contributed by atoms with Crippen LogP contribution < -0.4 is 0 Å². The number of phenolic OH excluding ortho intramolecular Hbond substituents is 1. The third-order valence-corrected chi connectivity index (χ3v) is 3.36. The number of nitrogens with zero attached hydrogens (tertiary/aromatic N) is 1. The Kier molecular flexibility index (Phi) is 4.43. The molecule has 0 radical (unpaired) electrons. The smallest absolute Gasteiger partial charge is 0.124 e. The Morgan fingerprint density at radius 3 is 2.24 bits per heavy atom. The Balaban J connectivity index is 2.18. The lowest BCUT2D eigenvalue weighted by Gasteiger charge is -2.18. The van der Waals surface area contributed by atoms with Gasteiger partial charge < -0.3 is 10.2 Å². The second kappa shape index (κ2) is 6.10. The molecule has 0 aliphatic rings. The predicted molar refractivity (Wildman–Crippen MR) is 86.4 cm³/mol. The van der Waals surface area contributed by atoms with Crippen molar-refractivity contribution in [2.24, 2.45) is 4.99 Å². The first-order valence-electron chi connectivity index (χ1n) is 6.97. The Labute approximate surface area is 125 Å². The summed E-state index contributed by atoms with van der Waals surface area (Å²) in [4.78, 5) is 4.37. The van der Waals surface area contributed by atoms with Crippen LogP contribution in [-0.4, -0.2) is 16.4 Å². The number of aliphatic imine (C=N–C) groups is 1. The summed E-state index contributed by atoms with van der Waals surface area (Å²) >= 11 is 0. The summed E-state index contributed by atoms with van der Waals surface area (Å²) in [5.74, 6) is 0.122. The van der Waals surface area contributed by atoms with Crippen molar-refractivity contribution in [2.45, 2.75) is 32.8 Å². The van der Waals surface area contributed by atoms with Gasteiger partial charge in [0.1, 0.15) is 5.75 Å². The predicted octanol–water partition coefficient (Wildman–Crippen LogP) is 3.93. The zero-order chi connectivity index (χ0) is 15.5. The van der Waals surface area contributed by atoms with Gasteiger partial charge >= 0.3 is 0 Å². The van der Waals surface area contributed by atoms with Crippen LogP contribution in [0.2, 0.25) is 0 Å². The summed E-state index contributed by atoms with van der Waals surface area (Å²) in [5, 5.41) is 18.9. The van der Waals surface area contributed by atoms with Crippen molar-refractivity contribution < 1.29 is 10.2 Å². The maximum absolute atomic E-state index is 9.85. The number of hydrogen-bond donors (Lipinski definition) is 2. The maximum atomic E-state index is 9.85. The van der Waals surface area contributed by atoms with Gasteiger partial charge in [-0.3, -0.25) is 4.99 Å². The van der Waals surface area contributed by atoms with Crippen LogP contribution >= 0.6 is 0 Å². The Morgan fingerprint density at radius 2 is 1.71 bits per heavy atom. The lowest BCUT2D eigenvalue weighted by atomic mass is 9.87. The number of rotatable bonds is 3. The molecule has 0 saturated carbocycles. The second-order valence-corrected chi connectivity index (χ2v) is 6.11. The van der Waals surface area contributed by atoms with Crippen molar-refractivity contribution in [3.63, 3.8) is 0 Å². The second-order valence-electron chi connectivity index (χ2n) is 6.11. The fraction of sp³-hybridized carbons (Fsp3) is 0.278. The van der Waals surface area contributed by atoms with Gasteiger partial charge in [0, 0.05) is 11.8 Å².